The Kier molecular flexibility index (Phi) is 5.05. The number of amides is 1. The Hall–Kier alpha value is -1.63. The molecule has 4 nitrogen and oxygen atoms in total. The van der Waals surface area contributed by atoms with E-state index in [2.05, 4.69) is 10.3 Å². The molecule has 1 amide bonds. The number of aryl methyl sites for hydroxylation is 1. The molecule has 1 aliphatic heterocycles. The van der Waals surface area contributed by atoms with Crippen LogP contribution in [0.5, 0.6) is 0 Å². The van der Waals surface area contributed by atoms with Crippen LogP contribution in [0.2, 0.25) is 0 Å². The average molecular weight is 315 g/mol. The van der Waals surface area contributed by atoms with Crippen LogP contribution in [0, 0.1) is 6.92 Å². The molecule has 0 aliphatic carbocycles. The van der Waals surface area contributed by atoms with E-state index in [0.717, 1.165) is 11.1 Å². The topological polar surface area (TPSA) is 45.2 Å². The summed E-state index contributed by atoms with van der Waals surface area (Å²) >= 11 is 0. The van der Waals surface area contributed by atoms with Gasteiger partial charge in [-0.2, -0.15) is 13.2 Å². The monoisotopic (exact) mass is 315 g/mol. The van der Waals surface area contributed by atoms with E-state index >= 15 is 0 Å². The molecule has 1 fully saturated rings. The Morgan fingerprint density at radius 1 is 1.45 bits per heavy atom. The maximum atomic E-state index is 13.2. The van der Waals surface area contributed by atoms with Gasteiger partial charge in [0.25, 0.3) is 0 Å². The molecule has 1 aromatic rings. The van der Waals surface area contributed by atoms with Gasteiger partial charge in [0.2, 0.25) is 5.91 Å². The molecule has 2 heterocycles. The zero-order valence-electron chi connectivity index (χ0n) is 12.7. The molecule has 1 aliphatic rings. The molecule has 7 heteroatoms. The largest absolute Gasteiger partial charge is 0.404 e. The number of hydrogen-bond acceptors (Lipinski definition) is 3. The maximum Gasteiger partial charge on any atom is 0.404 e. The second-order valence-electron chi connectivity index (χ2n) is 5.76. The highest BCUT2D eigenvalue weighted by atomic mass is 19.4. The van der Waals surface area contributed by atoms with E-state index in [0.29, 0.717) is 6.42 Å². The summed E-state index contributed by atoms with van der Waals surface area (Å²) in [6, 6.07) is 0.0675. The van der Waals surface area contributed by atoms with E-state index in [9.17, 15) is 18.0 Å². The fraction of sp³-hybridized carbons (Fsp3) is 0.600. The number of aromatic nitrogens is 1. The van der Waals surface area contributed by atoms with Gasteiger partial charge in [-0.25, -0.2) is 0 Å². The van der Waals surface area contributed by atoms with Gasteiger partial charge in [-0.15, -0.1) is 0 Å². The summed E-state index contributed by atoms with van der Waals surface area (Å²) in [5.74, 6) is -0.215. The molecule has 1 N–H and O–H groups in total. The standard InChI is InChI=1S/C15H20F3N3O/c1-10-5-6-19-7-12(10)8-21-9-13(20-11(2)22)3-4-14(21)15(16,17)18/h5-7,13-14H,3-4,8-9H2,1-2H3,(H,20,22). The molecule has 2 atom stereocenters. The molecule has 2 unspecified atom stereocenters. The number of halogens is 3. The first-order valence-corrected chi connectivity index (χ1v) is 7.24. The molecule has 2 rings (SSSR count). The zero-order valence-corrected chi connectivity index (χ0v) is 12.7. The molecule has 0 radical (unpaired) electrons. The molecule has 0 saturated carbocycles. The summed E-state index contributed by atoms with van der Waals surface area (Å²) in [6.07, 6.45) is -0.710. The van der Waals surface area contributed by atoms with Gasteiger partial charge in [-0.3, -0.25) is 14.7 Å². The minimum Gasteiger partial charge on any atom is -0.352 e. The van der Waals surface area contributed by atoms with Crippen molar-refractivity contribution in [2.45, 2.75) is 51.5 Å². The molecule has 1 aromatic heterocycles. The van der Waals surface area contributed by atoms with E-state index in [-0.39, 0.29) is 31.5 Å². The number of carbonyl (C=O) groups is 1. The first kappa shape index (κ1) is 16.7. The minimum atomic E-state index is -4.27. The van der Waals surface area contributed by atoms with Crippen LogP contribution in [0.15, 0.2) is 18.5 Å². The van der Waals surface area contributed by atoms with Crippen LogP contribution in [0.25, 0.3) is 0 Å². The first-order chi connectivity index (χ1) is 10.3. The number of nitrogens with one attached hydrogen (secondary N) is 1. The summed E-state index contributed by atoms with van der Waals surface area (Å²) in [4.78, 5) is 16.5. The van der Waals surface area contributed by atoms with E-state index < -0.39 is 12.2 Å². The molecular weight excluding hydrogens is 295 g/mol. The van der Waals surface area contributed by atoms with Crippen LogP contribution >= 0.6 is 0 Å². The fourth-order valence-corrected chi connectivity index (χ4v) is 2.87. The van der Waals surface area contributed by atoms with Crippen LogP contribution in [0.3, 0.4) is 0 Å². The third-order valence-electron chi connectivity index (χ3n) is 3.99. The predicted octanol–water partition coefficient (Wildman–Crippen LogP) is 2.42. The van der Waals surface area contributed by atoms with Crippen molar-refractivity contribution in [3.63, 3.8) is 0 Å². The normalized spacial score (nSPS) is 23.3. The molecular formula is C15H20F3N3O. The number of pyridine rings is 1. The highest BCUT2D eigenvalue weighted by Gasteiger charge is 2.46. The van der Waals surface area contributed by atoms with Crippen LogP contribution in [-0.2, 0) is 11.3 Å². The summed E-state index contributed by atoms with van der Waals surface area (Å²) < 4.78 is 39.7. The lowest BCUT2D eigenvalue weighted by molar-refractivity contribution is -0.194. The SMILES string of the molecule is CC(=O)NC1CCC(C(F)(F)F)N(Cc2cnccc2C)C1. The van der Waals surface area contributed by atoms with Gasteiger partial charge in [-0.05, 0) is 37.0 Å². The first-order valence-electron chi connectivity index (χ1n) is 7.24. The van der Waals surface area contributed by atoms with Crippen molar-refractivity contribution in [2.75, 3.05) is 6.54 Å². The van der Waals surface area contributed by atoms with Crippen molar-refractivity contribution in [1.82, 2.24) is 15.2 Å². The Labute approximate surface area is 127 Å². The lowest BCUT2D eigenvalue weighted by Crippen LogP contribution is -2.55. The number of rotatable bonds is 3. The van der Waals surface area contributed by atoms with Crippen molar-refractivity contribution in [2.24, 2.45) is 0 Å². The van der Waals surface area contributed by atoms with Crippen molar-refractivity contribution in [3.8, 4) is 0 Å². The maximum absolute atomic E-state index is 13.2. The van der Waals surface area contributed by atoms with E-state index in [1.165, 1.54) is 11.8 Å². The molecule has 22 heavy (non-hydrogen) atoms. The number of hydrogen-bond donors (Lipinski definition) is 1. The van der Waals surface area contributed by atoms with E-state index in [1.54, 1.807) is 18.5 Å². The Morgan fingerprint density at radius 2 is 2.18 bits per heavy atom. The van der Waals surface area contributed by atoms with E-state index in [1.807, 2.05) is 6.92 Å². The number of nitrogens with zero attached hydrogens (tertiary/aromatic N) is 2. The quantitative estimate of drug-likeness (QED) is 0.932. The molecule has 1 saturated heterocycles. The van der Waals surface area contributed by atoms with Crippen molar-refractivity contribution >= 4 is 5.91 Å². The average Bonchev–Trinajstić information content (AvgIpc) is 2.39. The summed E-state index contributed by atoms with van der Waals surface area (Å²) in [6.45, 7) is 3.61. The summed E-state index contributed by atoms with van der Waals surface area (Å²) in [5, 5.41) is 2.72. The van der Waals surface area contributed by atoms with Crippen LogP contribution < -0.4 is 5.32 Å². The molecule has 0 spiro atoms. The smallest absolute Gasteiger partial charge is 0.352 e. The lowest BCUT2D eigenvalue weighted by atomic mass is 9.96. The number of piperidine rings is 1. The zero-order chi connectivity index (χ0) is 16.3. The van der Waals surface area contributed by atoms with Crippen molar-refractivity contribution < 1.29 is 18.0 Å². The third kappa shape index (κ3) is 4.19. The number of carbonyl (C=O) groups excluding carboxylic acids is 1. The second kappa shape index (κ2) is 6.64. The minimum absolute atomic E-state index is 0.00619. The summed E-state index contributed by atoms with van der Waals surface area (Å²) in [7, 11) is 0. The molecule has 0 aromatic carbocycles. The molecule has 0 bridgehead atoms. The number of likely N-dealkylation sites (tertiary alicyclic amines) is 1. The Balaban J connectivity index is 2.16. The Morgan fingerprint density at radius 3 is 2.77 bits per heavy atom. The highest BCUT2D eigenvalue weighted by molar-refractivity contribution is 5.73. The second-order valence-corrected chi connectivity index (χ2v) is 5.76. The van der Waals surface area contributed by atoms with Gasteiger partial charge >= 0.3 is 6.18 Å². The summed E-state index contributed by atoms with van der Waals surface area (Å²) in [5.41, 5.74) is 1.69. The van der Waals surface area contributed by atoms with Gasteiger partial charge in [0.1, 0.15) is 6.04 Å². The van der Waals surface area contributed by atoms with Crippen LogP contribution in [0.1, 0.15) is 30.9 Å². The predicted molar refractivity (Wildman–Crippen MR) is 76.1 cm³/mol. The fourth-order valence-electron chi connectivity index (χ4n) is 2.87. The van der Waals surface area contributed by atoms with Crippen molar-refractivity contribution in [1.29, 1.82) is 0 Å². The van der Waals surface area contributed by atoms with Crippen LogP contribution in [0.4, 0.5) is 13.2 Å². The van der Waals surface area contributed by atoms with Crippen LogP contribution in [-0.4, -0.2) is 40.6 Å². The van der Waals surface area contributed by atoms with E-state index in [4.69, 9.17) is 0 Å². The van der Waals surface area contributed by atoms with Crippen molar-refractivity contribution in [3.05, 3.63) is 29.6 Å². The van der Waals surface area contributed by atoms with Gasteiger partial charge in [-0.1, -0.05) is 0 Å². The molecule has 122 valence electrons. The highest BCUT2D eigenvalue weighted by Crippen LogP contribution is 2.33. The van der Waals surface area contributed by atoms with Gasteiger partial charge in [0, 0.05) is 38.4 Å². The number of alkyl halides is 3. The Bertz CT molecular complexity index is 533. The van der Waals surface area contributed by atoms with Gasteiger partial charge < -0.3 is 5.32 Å². The van der Waals surface area contributed by atoms with Gasteiger partial charge in [0.15, 0.2) is 0 Å². The third-order valence-corrected chi connectivity index (χ3v) is 3.99. The van der Waals surface area contributed by atoms with Gasteiger partial charge in [0.05, 0.1) is 0 Å². The lowest BCUT2D eigenvalue weighted by Gasteiger charge is -2.40.